The summed E-state index contributed by atoms with van der Waals surface area (Å²) in [6.45, 7) is 5.14. The predicted octanol–water partition coefficient (Wildman–Crippen LogP) is 2.64. The standard InChI is InChI=1S/C12H14ClN3O3S/c1-6-8(3)15-19-12(6)16-20(17,18)9-4-10(13)7(2)11(14)5-9/h4-5,16H,14H2,1-3H3. The Labute approximate surface area is 122 Å². The Kier molecular flexibility index (Phi) is 3.66. The summed E-state index contributed by atoms with van der Waals surface area (Å²) in [6.07, 6.45) is 0. The zero-order valence-electron chi connectivity index (χ0n) is 11.2. The first-order valence-corrected chi connectivity index (χ1v) is 7.60. The number of nitrogens with zero attached hydrogens (tertiary/aromatic N) is 1. The largest absolute Gasteiger partial charge is 0.398 e. The number of rotatable bonds is 3. The molecule has 0 bridgehead atoms. The fourth-order valence-corrected chi connectivity index (χ4v) is 2.92. The molecule has 108 valence electrons. The van der Waals surface area contributed by atoms with Crippen molar-refractivity contribution in [3.8, 4) is 0 Å². The van der Waals surface area contributed by atoms with Crippen molar-refractivity contribution in [1.29, 1.82) is 0 Å². The van der Waals surface area contributed by atoms with Crippen molar-refractivity contribution in [3.05, 3.63) is 34.0 Å². The Morgan fingerprint density at radius 3 is 2.40 bits per heavy atom. The summed E-state index contributed by atoms with van der Waals surface area (Å²) in [7, 11) is -3.83. The Morgan fingerprint density at radius 1 is 1.25 bits per heavy atom. The molecule has 0 fully saturated rings. The van der Waals surface area contributed by atoms with Crippen molar-refractivity contribution in [2.45, 2.75) is 25.7 Å². The minimum atomic E-state index is -3.83. The maximum atomic E-state index is 12.3. The summed E-state index contributed by atoms with van der Waals surface area (Å²) in [5.74, 6) is 0.0813. The molecular formula is C12H14ClN3O3S. The number of halogens is 1. The molecule has 0 atom stereocenters. The number of aromatic nitrogens is 1. The molecule has 2 rings (SSSR count). The van der Waals surface area contributed by atoms with Crippen LogP contribution < -0.4 is 10.5 Å². The van der Waals surface area contributed by atoms with Gasteiger partial charge in [0.15, 0.2) is 0 Å². The van der Waals surface area contributed by atoms with Crippen molar-refractivity contribution in [2.24, 2.45) is 0 Å². The van der Waals surface area contributed by atoms with Crippen molar-refractivity contribution >= 4 is 33.2 Å². The fourth-order valence-electron chi connectivity index (χ4n) is 1.52. The lowest BCUT2D eigenvalue weighted by atomic mass is 10.2. The van der Waals surface area contributed by atoms with E-state index in [2.05, 4.69) is 9.88 Å². The molecule has 1 aromatic heterocycles. The molecule has 1 heterocycles. The van der Waals surface area contributed by atoms with Crippen molar-refractivity contribution in [3.63, 3.8) is 0 Å². The van der Waals surface area contributed by atoms with Gasteiger partial charge in [-0.2, -0.15) is 0 Å². The van der Waals surface area contributed by atoms with Crippen LogP contribution in [-0.4, -0.2) is 13.6 Å². The zero-order chi connectivity index (χ0) is 15.1. The quantitative estimate of drug-likeness (QED) is 0.848. The second-order valence-electron chi connectivity index (χ2n) is 4.45. The highest BCUT2D eigenvalue weighted by molar-refractivity contribution is 7.92. The number of hydrogen-bond donors (Lipinski definition) is 2. The number of aryl methyl sites for hydroxylation is 1. The van der Waals surface area contributed by atoms with E-state index in [0.717, 1.165) is 0 Å². The van der Waals surface area contributed by atoms with Gasteiger partial charge < -0.3 is 10.3 Å². The van der Waals surface area contributed by atoms with E-state index in [1.807, 2.05) is 0 Å². The van der Waals surface area contributed by atoms with Gasteiger partial charge in [0.2, 0.25) is 5.88 Å². The summed E-state index contributed by atoms with van der Waals surface area (Å²) >= 11 is 5.96. The van der Waals surface area contributed by atoms with Gasteiger partial charge in [0, 0.05) is 16.3 Å². The van der Waals surface area contributed by atoms with Crippen LogP contribution in [0.4, 0.5) is 11.6 Å². The maximum absolute atomic E-state index is 12.3. The number of nitrogen functional groups attached to an aromatic ring is 1. The van der Waals surface area contributed by atoms with Gasteiger partial charge in [0.05, 0.1) is 10.6 Å². The summed E-state index contributed by atoms with van der Waals surface area (Å²) in [4.78, 5) is -0.0287. The SMILES string of the molecule is Cc1noc(NS(=O)(=O)c2cc(N)c(C)c(Cl)c2)c1C. The average molecular weight is 316 g/mol. The van der Waals surface area contributed by atoms with Crippen LogP contribution in [0.5, 0.6) is 0 Å². The fraction of sp³-hybridized carbons (Fsp3) is 0.250. The van der Waals surface area contributed by atoms with Gasteiger partial charge in [-0.15, -0.1) is 0 Å². The van der Waals surface area contributed by atoms with E-state index in [0.29, 0.717) is 22.5 Å². The third kappa shape index (κ3) is 2.59. The number of nitrogens with two attached hydrogens (primary N) is 1. The Hall–Kier alpha value is -1.73. The molecule has 0 spiro atoms. The monoisotopic (exact) mass is 315 g/mol. The highest BCUT2D eigenvalue weighted by Crippen LogP contribution is 2.28. The molecule has 20 heavy (non-hydrogen) atoms. The molecule has 6 nitrogen and oxygen atoms in total. The minimum absolute atomic E-state index is 0.0287. The molecule has 2 aromatic rings. The normalized spacial score (nSPS) is 11.6. The average Bonchev–Trinajstić information content (AvgIpc) is 2.67. The molecule has 3 N–H and O–H groups in total. The van der Waals surface area contributed by atoms with Gasteiger partial charge in [-0.25, -0.2) is 13.1 Å². The minimum Gasteiger partial charge on any atom is -0.398 e. The van der Waals surface area contributed by atoms with E-state index in [9.17, 15) is 8.42 Å². The van der Waals surface area contributed by atoms with Crippen LogP contribution in [0.1, 0.15) is 16.8 Å². The molecular weight excluding hydrogens is 302 g/mol. The molecule has 1 aromatic carbocycles. The van der Waals surface area contributed by atoms with E-state index in [-0.39, 0.29) is 15.8 Å². The number of anilines is 2. The molecule has 8 heteroatoms. The summed E-state index contributed by atoms with van der Waals surface area (Å²) in [5, 5.41) is 3.98. The molecule has 0 saturated heterocycles. The van der Waals surface area contributed by atoms with Gasteiger partial charge in [-0.05, 0) is 38.5 Å². The lowest BCUT2D eigenvalue weighted by molar-refractivity contribution is 0.430. The molecule has 0 amide bonds. The van der Waals surface area contributed by atoms with Crippen molar-refractivity contribution in [2.75, 3.05) is 10.5 Å². The third-order valence-electron chi connectivity index (χ3n) is 3.05. The van der Waals surface area contributed by atoms with Crippen LogP contribution in [0.15, 0.2) is 21.6 Å². The number of hydrogen-bond acceptors (Lipinski definition) is 5. The lowest BCUT2D eigenvalue weighted by Gasteiger charge is -2.09. The van der Waals surface area contributed by atoms with Crippen LogP contribution in [0, 0.1) is 20.8 Å². The van der Waals surface area contributed by atoms with Crippen LogP contribution in [0.25, 0.3) is 0 Å². The first kappa shape index (κ1) is 14.7. The Bertz CT molecular complexity index is 745. The van der Waals surface area contributed by atoms with Gasteiger partial charge >= 0.3 is 0 Å². The zero-order valence-corrected chi connectivity index (χ0v) is 12.8. The smallest absolute Gasteiger partial charge is 0.264 e. The maximum Gasteiger partial charge on any atom is 0.264 e. The molecule has 0 unspecified atom stereocenters. The Morgan fingerprint density at radius 2 is 1.90 bits per heavy atom. The van der Waals surface area contributed by atoms with Crippen LogP contribution >= 0.6 is 11.6 Å². The first-order chi connectivity index (χ1) is 9.22. The number of nitrogens with one attached hydrogen (secondary N) is 1. The second-order valence-corrected chi connectivity index (χ2v) is 6.54. The number of benzene rings is 1. The lowest BCUT2D eigenvalue weighted by Crippen LogP contribution is -2.14. The van der Waals surface area contributed by atoms with E-state index >= 15 is 0 Å². The van der Waals surface area contributed by atoms with Crippen LogP contribution in [0.2, 0.25) is 5.02 Å². The Balaban J connectivity index is 2.43. The van der Waals surface area contributed by atoms with Gasteiger partial charge in [0.1, 0.15) is 0 Å². The van der Waals surface area contributed by atoms with Crippen molar-refractivity contribution < 1.29 is 12.9 Å². The highest BCUT2D eigenvalue weighted by atomic mass is 35.5. The van der Waals surface area contributed by atoms with Crippen LogP contribution in [-0.2, 0) is 10.0 Å². The third-order valence-corrected chi connectivity index (χ3v) is 4.76. The molecule has 0 aliphatic rings. The van der Waals surface area contributed by atoms with Crippen molar-refractivity contribution in [1.82, 2.24) is 5.16 Å². The van der Waals surface area contributed by atoms with Gasteiger partial charge in [-0.1, -0.05) is 16.8 Å². The van der Waals surface area contributed by atoms with E-state index in [4.69, 9.17) is 21.9 Å². The molecule has 0 saturated carbocycles. The molecule has 0 aliphatic heterocycles. The first-order valence-electron chi connectivity index (χ1n) is 5.73. The second kappa shape index (κ2) is 4.99. The van der Waals surface area contributed by atoms with E-state index in [1.54, 1.807) is 20.8 Å². The molecule has 0 radical (unpaired) electrons. The van der Waals surface area contributed by atoms with Gasteiger partial charge in [0.25, 0.3) is 10.0 Å². The number of sulfonamides is 1. The predicted molar refractivity (Wildman–Crippen MR) is 77.4 cm³/mol. The summed E-state index contributed by atoms with van der Waals surface area (Å²) in [5.41, 5.74) is 7.92. The van der Waals surface area contributed by atoms with Crippen LogP contribution in [0.3, 0.4) is 0 Å². The highest BCUT2D eigenvalue weighted by Gasteiger charge is 2.20. The topological polar surface area (TPSA) is 98.2 Å². The molecule has 0 aliphatic carbocycles. The van der Waals surface area contributed by atoms with Gasteiger partial charge in [-0.3, -0.25) is 0 Å². The summed E-state index contributed by atoms with van der Waals surface area (Å²) in [6, 6.07) is 2.69. The van der Waals surface area contributed by atoms with E-state index < -0.39 is 10.0 Å². The summed E-state index contributed by atoms with van der Waals surface area (Å²) < 4.78 is 31.8. The van der Waals surface area contributed by atoms with E-state index in [1.165, 1.54) is 12.1 Å².